The first-order chi connectivity index (χ1) is 2.89. The molecule has 0 N–H and O–H groups in total. The van der Waals surface area contributed by atoms with Crippen LogP contribution in [-0.4, -0.2) is 0 Å². The molecule has 0 bridgehead atoms. The SMILES string of the molecule is Brc1[c-]occ1.[Li+]. The van der Waals surface area contributed by atoms with E-state index in [4.69, 9.17) is 0 Å². The largest absolute Gasteiger partial charge is 1.00 e. The van der Waals surface area contributed by atoms with Crippen molar-refractivity contribution in [1.82, 2.24) is 0 Å². The van der Waals surface area contributed by atoms with Crippen molar-refractivity contribution < 1.29 is 23.3 Å². The fourth-order valence-electron chi connectivity index (χ4n) is 0.218. The van der Waals surface area contributed by atoms with Gasteiger partial charge in [0.05, 0.1) is 0 Å². The molecule has 1 aromatic heterocycles. The van der Waals surface area contributed by atoms with E-state index in [1.54, 1.807) is 12.3 Å². The van der Waals surface area contributed by atoms with Crippen molar-refractivity contribution in [3.63, 3.8) is 0 Å². The first kappa shape index (κ1) is 7.36. The van der Waals surface area contributed by atoms with Crippen molar-refractivity contribution in [1.29, 1.82) is 0 Å². The van der Waals surface area contributed by atoms with E-state index >= 15 is 0 Å². The smallest absolute Gasteiger partial charge is 0.598 e. The van der Waals surface area contributed by atoms with Crippen LogP contribution in [0.1, 0.15) is 0 Å². The first-order valence-corrected chi connectivity index (χ1v) is 2.29. The van der Waals surface area contributed by atoms with Gasteiger partial charge in [-0.05, 0) is 0 Å². The van der Waals surface area contributed by atoms with Crippen molar-refractivity contribution in [3.8, 4) is 0 Å². The third-order valence-electron chi connectivity index (χ3n) is 0.439. The van der Waals surface area contributed by atoms with E-state index in [-0.39, 0.29) is 18.9 Å². The normalized spacial score (nSPS) is 7.57. The summed E-state index contributed by atoms with van der Waals surface area (Å²) in [5.41, 5.74) is 0. The average molecular weight is 153 g/mol. The van der Waals surface area contributed by atoms with Crippen LogP contribution in [0.25, 0.3) is 0 Å². The Hall–Kier alpha value is 0.357. The van der Waals surface area contributed by atoms with Crippen molar-refractivity contribution in [2.45, 2.75) is 0 Å². The molecule has 0 atom stereocenters. The Labute approximate surface area is 62.4 Å². The molecule has 1 aromatic rings. The van der Waals surface area contributed by atoms with Crippen LogP contribution in [0.4, 0.5) is 0 Å². The van der Waals surface area contributed by atoms with Crippen LogP contribution in [0.3, 0.4) is 0 Å². The van der Waals surface area contributed by atoms with E-state index < -0.39 is 0 Å². The van der Waals surface area contributed by atoms with Gasteiger partial charge in [-0.2, -0.15) is 6.07 Å². The molecule has 32 valence electrons. The molecule has 7 heavy (non-hydrogen) atoms. The zero-order valence-corrected chi connectivity index (χ0v) is 5.53. The predicted octanol–water partition coefficient (Wildman–Crippen LogP) is -1.15. The number of furan rings is 1. The van der Waals surface area contributed by atoms with E-state index in [1.807, 2.05) is 0 Å². The van der Waals surface area contributed by atoms with Gasteiger partial charge in [-0.1, -0.05) is 26.7 Å². The molecule has 0 unspecified atom stereocenters. The fourth-order valence-corrected chi connectivity index (χ4v) is 0.419. The van der Waals surface area contributed by atoms with Crippen LogP contribution >= 0.6 is 15.9 Å². The van der Waals surface area contributed by atoms with Crippen LogP contribution in [0.2, 0.25) is 0 Å². The molecular weight excluding hydrogens is 151 g/mol. The Morgan fingerprint density at radius 3 is 2.57 bits per heavy atom. The summed E-state index contributed by atoms with van der Waals surface area (Å²) < 4.78 is 5.41. The van der Waals surface area contributed by atoms with E-state index in [2.05, 4.69) is 26.6 Å². The number of hydrogen-bond acceptors (Lipinski definition) is 1. The molecular formula is C4H2BrLiO. The Morgan fingerprint density at radius 1 is 1.71 bits per heavy atom. The summed E-state index contributed by atoms with van der Waals surface area (Å²) in [6.45, 7) is 0. The number of hydrogen-bond donors (Lipinski definition) is 0. The van der Waals surface area contributed by atoms with Crippen molar-refractivity contribution in [2.75, 3.05) is 0 Å². The maximum Gasteiger partial charge on any atom is 1.00 e. The molecule has 0 aliphatic rings. The van der Waals surface area contributed by atoms with Gasteiger partial charge in [-0.3, -0.25) is 0 Å². The summed E-state index contributed by atoms with van der Waals surface area (Å²) in [5.74, 6) is 0. The topological polar surface area (TPSA) is 13.1 Å². The molecule has 0 aliphatic heterocycles. The second-order valence-corrected chi connectivity index (χ2v) is 1.72. The van der Waals surface area contributed by atoms with Gasteiger partial charge in [0.2, 0.25) is 0 Å². The van der Waals surface area contributed by atoms with Gasteiger partial charge >= 0.3 is 18.9 Å². The summed E-state index contributed by atoms with van der Waals surface area (Å²) >= 11 is 3.13. The third kappa shape index (κ3) is 2.23. The quantitative estimate of drug-likeness (QED) is 0.338. The van der Waals surface area contributed by atoms with Crippen LogP contribution in [0, 0.1) is 6.26 Å². The Bertz CT molecular complexity index is 115. The zero-order chi connectivity index (χ0) is 4.41. The minimum Gasteiger partial charge on any atom is -0.598 e. The molecule has 0 fully saturated rings. The van der Waals surface area contributed by atoms with Gasteiger partial charge in [0.15, 0.2) is 0 Å². The Morgan fingerprint density at radius 2 is 2.43 bits per heavy atom. The number of rotatable bonds is 0. The molecule has 0 radical (unpaired) electrons. The molecule has 0 saturated carbocycles. The molecule has 0 saturated heterocycles. The maximum atomic E-state index is 4.54. The third-order valence-corrected chi connectivity index (χ3v) is 0.865. The fraction of sp³-hybridized carbons (Fsp3) is 0. The van der Waals surface area contributed by atoms with Crippen molar-refractivity contribution >= 4 is 15.9 Å². The van der Waals surface area contributed by atoms with E-state index in [1.165, 1.54) is 0 Å². The second kappa shape index (κ2) is 3.37. The van der Waals surface area contributed by atoms with Gasteiger partial charge in [-0.25, -0.2) is 0 Å². The van der Waals surface area contributed by atoms with Crippen LogP contribution in [-0.2, 0) is 0 Å². The summed E-state index contributed by atoms with van der Waals surface area (Å²) in [7, 11) is 0. The summed E-state index contributed by atoms with van der Waals surface area (Å²) in [5, 5.41) is 0. The summed E-state index contributed by atoms with van der Waals surface area (Å²) in [6, 6.07) is 1.78. The standard InChI is InChI=1S/C4H2BrO.Li/c5-4-1-2-6-3-4;/h1-2H;/q-1;+1. The molecule has 1 nitrogen and oxygen atoms in total. The van der Waals surface area contributed by atoms with Gasteiger partial charge in [0.1, 0.15) is 0 Å². The first-order valence-electron chi connectivity index (χ1n) is 1.50. The van der Waals surface area contributed by atoms with Crippen molar-refractivity contribution in [2.24, 2.45) is 0 Å². The zero-order valence-electron chi connectivity index (χ0n) is 3.94. The minimum atomic E-state index is 0. The molecule has 1 rings (SSSR count). The summed E-state index contributed by atoms with van der Waals surface area (Å²) in [4.78, 5) is 0. The van der Waals surface area contributed by atoms with Gasteiger partial charge in [-0.15, -0.1) is 0 Å². The molecule has 0 amide bonds. The van der Waals surface area contributed by atoms with Crippen LogP contribution in [0.5, 0.6) is 0 Å². The summed E-state index contributed by atoms with van der Waals surface area (Å²) in [6.07, 6.45) is 4.10. The second-order valence-electron chi connectivity index (χ2n) is 0.871. The molecule has 1 heterocycles. The van der Waals surface area contributed by atoms with E-state index in [0.29, 0.717) is 0 Å². The maximum absolute atomic E-state index is 4.54. The van der Waals surface area contributed by atoms with Gasteiger partial charge < -0.3 is 4.42 Å². The minimum absolute atomic E-state index is 0. The Kier molecular flexibility index (Phi) is 3.54. The van der Waals surface area contributed by atoms with Crippen LogP contribution in [0.15, 0.2) is 21.2 Å². The van der Waals surface area contributed by atoms with Gasteiger partial charge in [0, 0.05) is 6.26 Å². The average Bonchev–Trinajstić information content (AvgIpc) is 1.86. The Balaban J connectivity index is 0.000000360. The predicted molar refractivity (Wildman–Crippen MR) is 25.2 cm³/mol. The van der Waals surface area contributed by atoms with Gasteiger partial charge in [0.25, 0.3) is 0 Å². The van der Waals surface area contributed by atoms with Crippen LogP contribution < -0.4 is 18.9 Å². The van der Waals surface area contributed by atoms with E-state index in [0.717, 1.165) is 4.47 Å². The molecule has 0 spiro atoms. The monoisotopic (exact) mass is 152 g/mol. The van der Waals surface area contributed by atoms with E-state index in [9.17, 15) is 0 Å². The molecule has 0 aromatic carbocycles. The molecule has 3 heteroatoms. The molecule has 0 aliphatic carbocycles. The van der Waals surface area contributed by atoms with Crippen molar-refractivity contribution in [3.05, 3.63) is 23.1 Å². The number of halogens is 1.